The normalized spacial score (nSPS) is 7.00. The number of thiocarbonyl (C=S) groups is 1. The van der Waals surface area contributed by atoms with Crippen molar-refractivity contribution in [2.45, 2.75) is 0 Å². The molecule has 0 bridgehead atoms. The molecule has 0 aromatic heterocycles. The number of hydrogen-bond acceptors (Lipinski definition) is 1. The van der Waals surface area contributed by atoms with Crippen LogP contribution in [-0.4, -0.2) is 4.32 Å². The van der Waals surface area contributed by atoms with E-state index in [0.29, 0.717) is 4.32 Å². The number of hydrogen-bond donors (Lipinski definition) is 2. The third-order valence-corrected chi connectivity index (χ3v) is 1.14. The van der Waals surface area contributed by atoms with Gasteiger partial charge in [0.2, 0.25) is 0 Å². The predicted octanol–water partition coefficient (Wildman–Crippen LogP) is 0.253. The summed E-state index contributed by atoms with van der Waals surface area (Å²) in [4.78, 5) is 0. The predicted molar refractivity (Wildman–Crippen MR) is 24.7 cm³/mol. The van der Waals surface area contributed by atoms with Crippen molar-refractivity contribution >= 4 is 29.2 Å². The van der Waals surface area contributed by atoms with Crippen LogP contribution in [0, 0.1) is 0 Å². The molecule has 0 aliphatic heterocycles. The van der Waals surface area contributed by atoms with E-state index in [1.165, 1.54) is 0 Å². The van der Waals surface area contributed by atoms with E-state index in [2.05, 4.69) is 49.9 Å². The Hall–Kier alpha value is 0.980. The monoisotopic (exact) mass is 199 g/mol. The Balaban J connectivity index is 2.85. The topological polar surface area (TPSA) is 12.0 Å². The van der Waals surface area contributed by atoms with Gasteiger partial charge in [0, 0.05) is 0 Å². The molecule has 5 heavy (non-hydrogen) atoms. The first-order chi connectivity index (χ1) is 2.27. The first-order valence-electron chi connectivity index (χ1n) is 0.828. The van der Waals surface area contributed by atoms with E-state index >= 15 is 0 Å². The molecule has 34 valence electrons. The minimum absolute atomic E-state index is 0.448. The molecule has 0 aliphatic carbocycles. The van der Waals surface area contributed by atoms with Gasteiger partial charge in [-0.1, -0.05) is 0 Å². The van der Waals surface area contributed by atoms with E-state index in [1.54, 1.807) is 0 Å². The second kappa shape index (κ2) is 3.18. The summed E-state index contributed by atoms with van der Waals surface area (Å²) in [6, 6.07) is 0. The molecule has 0 heterocycles. The van der Waals surface area contributed by atoms with Crippen LogP contribution in [0.1, 0.15) is 0 Å². The Morgan fingerprint density at radius 3 is 2.20 bits per heavy atom. The van der Waals surface area contributed by atoms with Gasteiger partial charge in [0.25, 0.3) is 0 Å². The molecule has 0 aliphatic rings. The molecule has 0 radical (unpaired) electrons. The summed E-state index contributed by atoms with van der Waals surface area (Å²) in [5, 5.41) is 0. The van der Waals surface area contributed by atoms with Gasteiger partial charge in [0.05, 0.1) is 0 Å². The molecule has 0 atom stereocenters. The SMILES string of the molecule is S=C(S)[NH][Ag]. The summed E-state index contributed by atoms with van der Waals surface area (Å²) in [6.45, 7) is 0. The van der Waals surface area contributed by atoms with Crippen LogP contribution in [0.15, 0.2) is 0 Å². The van der Waals surface area contributed by atoms with Gasteiger partial charge < -0.3 is 0 Å². The minimum atomic E-state index is 0.448. The van der Waals surface area contributed by atoms with Crippen LogP contribution in [0.3, 0.4) is 0 Å². The molecule has 0 spiro atoms. The Morgan fingerprint density at radius 1 is 2.00 bits per heavy atom. The van der Waals surface area contributed by atoms with Gasteiger partial charge in [-0.05, 0) is 0 Å². The van der Waals surface area contributed by atoms with Crippen LogP contribution in [0.25, 0.3) is 0 Å². The van der Waals surface area contributed by atoms with E-state index in [9.17, 15) is 0 Å². The second-order valence-corrected chi connectivity index (χ2v) is 1.91. The molecule has 1 nitrogen and oxygen atoms in total. The van der Waals surface area contributed by atoms with Gasteiger partial charge in [-0.2, -0.15) is 0 Å². The zero-order chi connectivity index (χ0) is 4.28. The van der Waals surface area contributed by atoms with Crippen LogP contribution in [0.5, 0.6) is 0 Å². The Morgan fingerprint density at radius 2 is 2.20 bits per heavy atom. The average Bonchev–Trinajstić information content (AvgIpc) is 1.38. The van der Waals surface area contributed by atoms with E-state index in [-0.39, 0.29) is 0 Å². The molecule has 0 saturated heterocycles. The van der Waals surface area contributed by atoms with Crippen LogP contribution in [0.4, 0.5) is 0 Å². The summed E-state index contributed by atoms with van der Waals surface area (Å²) in [5.74, 6) is 0. The maximum atomic E-state index is 4.40. The number of nitrogens with one attached hydrogen (secondary N) is 1. The van der Waals surface area contributed by atoms with Gasteiger partial charge in [0.15, 0.2) is 0 Å². The third kappa shape index (κ3) is 4.98. The van der Waals surface area contributed by atoms with Gasteiger partial charge in [-0.25, -0.2) is 0 Å². The average molecular weight is 200 g/mol. The molecular weight excluding hydrogens is 198 g/mol. The van der Waals surface area contributed by atoms with Gasteiger partial charge in [-0.15, -0.1) is 0 Å². The van der Waals surface area contributed by atoms with E-state index in [0.717, 1.165) is 0 Å². The molecule has 0 aromatic carbocycles. The van der Waals surface area contributed by atoms with Gasteiger partial charge >= 0.3 is 54.2 Å². The molecule has 1 N–H and O–H groups in total. The zero-order valence-electron chi connectivity index (χ0n) is 2.16. The van der Waals surface area contributed by atoms with E-state index < -0.39 is 0 Å². The van der Waals surface area contributed by atoms with Crippen molar-refractivity contribution in [2.75, 3.05) is 0 Å². The molecular formula is CH2AgNS2. The summed E-state index contributed by atoms with van der Waals surface area (Å²) >= 11 is 10.9. The molecule has 0 aromatic rings. The summed E-state index contributed by atoms with van der Waals surface area (Å²) in [5.41, 5.74) is 0. The zero-order valence-corrected chi connectivity index (χ0v) is 5.35. The maximum absolute atomic E-state index is 4.40. The molecule has 4 heteroatoms. The van der Waals surface area contributed by atoms with Crippen LogP contribution >= 0.6 is 24.8 Å². The number of thiol groups is 1. The van der Waals surface area contributed by atoms with Crippen molar-refractivity contribution in [2.24, 2.45) is 0 Å². The van der Waals surface area contributed by atoms with Gasteiger partial charge in [0.1, 0.15) is 0 Å². The van der Waals surface area contributed by atoms with Crippen molar-refractivity contribution in [1.29, 1.82) is 0 Å². The molecule has 0 unspecified atom stereocenters. The standard InChI is InChI=1S/CH3NS2.Ag/c2-1(3)4;/h(H3,2,3,4);/q;+1/p-1. The van der Waals surface area contributed by atoms with Crippen molar-refractivity contribution in [3.05, 3.63) is 0 Å². The molecule has 0 rings (SSSR count). The third-order valence-electron chi connectivity index (χ3n) is 0.0645. The van der Waals surface area contributed by atoms with Crippen LogP contribution in [-0.2, 0) is 21.3 Å². The summed E-state index contributed by atoms with van der Waals surface area (Å²) in [7, 11) is 0. The van der Waals surface area contributed by atoms with Gasteiger partial charge in [-0.3, -0.25) is 0 Å². The van der Waals surface area contributed by atoms with Crippen LogP contribution in [0.2, 0.25) is 0 Å². The molecule has 0 saturated carbocycles. The molecule has 0 amide bonds. The first kappa shape index (κ1) is 5.98. The summed E-state index contributed by atoms with van der Waals surface area (Å²) in [6.07, 6.45) is 0. The Bertz CT molecular complexity index is 44.9. The summed E-state index contributed by atoms with van der Waals surface area (Å²) < 4.78 is 2.88. The number of rotatable bonds is 0. The van der Waals surface area contributed by atoms with E-state index in [4.69, 9.17) is 0 Å². The quantitative estimate of drug-likeness (QED) is 0.330. The van der Waals surface area contributed by atoms with Crippen LogP contribution < -0.4 is 3.72 Å². The van der Waals surface area contributed by atoms with Crippen molar-refractivity contribution in [1.82, 2.24) is 3.72 Å². The first-order valence-corrected chi connectivity index (χ1v) is 2.43. The van der Waals surface area contributed by atoms with E-state index in [1.807, 2.05) is 0 Å². The fraction of sp³-hybridized carbons (Fsp3) is 0. The van der Waals surface area contributed by atoms with Crippen molar-refractivity contribution < 1.29 is 21.3 Å². The fourth-order valence-electron chi connectivity index (χ4n) is 0. The Kier molecular flexibility index (Phi) is 3.80. The molecule has 0 fully saturated rings. The second-order valence-electron chi connectivity index (χ2n) is 0.381. The van der Waals surface area contributed by atoms with Crippen molar-refractivity contribution in [3.8, 4) is 0 Å². The fourth-order valence-corrected chi connectivity index (χ4v) is 0. The Labute approximate surface area is 54.2 Å². The van der Waals surface area contributed by atoms with Crippen molar-refractivity contribution in [3.63, 3.8) is 0 Å².